The summed E-state index contributed by atoms with van der Waals surface area (Å²) in [5, 5.41) is 13.2. The predicted molar refractivity (Wildman–Crippen MR) is 60.6 cm³/mol. The van der Waals surface area contributed by atoms with Crippen LogP contribution in [-0.4, -0.2) is 10.7 Å². The highest BCUT2D eigenvalue weighted by Gasteiger charge is 2.15. The minimum Gasteiger partial charge on any atom is -0.356 e. The molecule has 0 amide bonds. The van der Waals surface area contributed by atoms with Crippen LogP contribution in [0.15, 0.2) is 36.2 Å². The monoisotopic (exact) mass is 220 g/mol. The minimum atomic E-state index is -0.705. The molecule has 0 spiro atoms. The largest absolute Gasteiger partial charge is 0.356 e. The number of carbonyl (C=O) groups excluding carboxylic acids is 1. The van der Waals surface area contributed by atoms with E-state index in [9.17, 15) is 14.9 Å². The molecular weight excluding hydrogens is 208 g/mol. The van der Waals surface area contributed by atoms with Gasteiger partial charge in [0.05, 0.1) is 11.1 Å². The Morgan fingerprint density at radius 2 is 1.94 bits per heavy atom. The van der Waals surface area contributed by atoms with Crippen molar-refractivity contribution in [1.82, 2.24) is 0 Å². The molecule has 0 aliphatic heterocycles. The summed E-state index contributed by atoms with van der Waals surface area (Å²) in [6, 6.07) is 7.30. The Morgan fingerprint density at radius 1 is 1.38 bits per heavy atom. The fourth-order valence-corrected chi connectivity index (χ4v) is 1.08. The molecule has 0 heterocycles. The van der Waals surface area contributed by atoms with E-state index in [-0.39, 0.29) is 0 Å². The maximum Gasteiger partial charge on any atom is 0.327 e. The molecule has 1 N–H and O–H groups in total. The Balaban J connectivity index is 2.81. The molecule has 0 fully saturated rings. The Kier molecular flexibility index (Phi) is 3.77. The first-order chi connectivity index (χ1) is 7.50. The summed E-state index contributed by atoms with van der Waals surface area (Å²) < 4.78 is 0. The van der Waals surface area contributed by atoms with E-state index in [0.29, 0.717) is 5.69 Å². The van der Waals surface area contributed by atoms with E-state index >= 15 is 0 Å². The van der Waals surface area contributed by atoms with Crippen LogP contribution in [0.2, 0.25) is 0 Å². The average molecular weight is 220 g/mol. The smallest absolute Gasteiger partial charge is 0.327 e. The molecule has 0 aliphatic rings. The summed E-state index contributed by atoms with van der Waals surface area (Å²) in [4.78, 5) is 20.7. The average Bonchev–Trinajstić information content (AvgIpc) is 2.20. The zero-order valence-electron chi connectivity index (χ0n) is 9.06. The van der Waals surface area contributed by atoms with Crippen molar-refractivity contribution in [3.8, 4) is 0 Å². The van der Waals surface area contributed by atoms with Crippen LogP contribution in [0.3, 0.4) is 0 Å². The van der Waals surface area contributed by atoms with Crippen LogP contribution in [0.25, 0.3) is 0 Å². The third-order valence-corrected chi connectivity index (χ3v) is 1.98. The number of hydrogen-bond acceptors (Lipinski definition) is 4. The molecule has 0 aromatic heterocycles. The Bertz CT molecular complexity index is 419. The molecule has 0 radical (unpaired) electrons. The summed E-state index contributed by atoms with van der Waals surface area (Å²) in [5.41, 5.74) is 1.34. The van der Waals surface area contributed by atoms with E-state index in [0.717, 1.165) is 18.7 Å². The van der Waals surface area contributed by atoms with Crippen LogP contribution in [0.1, 0.15) is 12.5 Å². The predicted octanol–water partition coefficient (Wildman–Crippen LogP) is 2.11. The molecule has 0 saturated carbocycles. The van der Waals surface area contributed by atoms with Crippen LogP contribution >= 0.6 is 0 Å². The van der Waals surface area contributed by atoms with Crippen molar-refractivity contribution in [2.24, 2.45) is 0 Å². The minimum absolute atomic E-state index is 0.458. The van der Waals surface area contributed by atoms with Gasteiger partial charge in [-0.2, -0.15) is 0 Å². The lowest BCUT2D eigenvalue weighted by Crippen LogP contribution is -2.09. The summed E-state index contributed by atoms with van der Waals surface area (Å²) in [6.07, 6.45) is 1.10. The number of Topliss-reactive ketones (excluding diaryl/α,β-unsaturated/α-hetero) is 1. The zero-order chi connectivity index (χ0) is 12.1. The second-order valence-corrected chi connectivity index (χ2v) is 3.35. The third-order valence-electron chi connectivity index (χ3n) is 1.98. The number of aryl methyl sites for hydroxylation is 1. The first kappa shape index (κ1) is 11.9. The van der Waals surface area contributed by atoms with Crippen molar-refractivity contribution in [3.63, 3.8) is 0 Å². The van der Waals surface area contributed by atoms with Crippen molar-refractivity contribution in [1.29, 1.82) is 0 Å². The van der Waals surface area contributed by atoms with Gasteiger partial charge >= 0.3 is 5.70 Å². The van der Waals surface area contributed by atoms with Crippen molar-refractivity contribution >= 4 is 11.5 Å². The molecular formula is C11H12N2O3. The number of nitrogens with one attached hydrogen (secondary N) is 1. The van der Waals surface area contributed by atoms with E-state index in [1.165, 1.54) is 0 Å². The summed E-state index contributed by atoms with van der Waals surface area (Å²) in [6.45, 7) is 3.10. The van der Waals surface area contributed by atoms with E-state index in [4.69, 9.17) is 0 Å². The number of benzene rings is 1. The first-order valence-electron chi connectivity index (χ1n) is 4.69. The van der Waals surface area contributed by atoms with Gasteiger partial charge in [0.15, 0.2) is 0 Å². The number of carbonyl (C=O) groups is 1. The van der Waals surface area contributed by atoms with Crippen LogP contribution < -0.4 is 5.32 Å². The van der Waals surface area contributed by atoms with E-state index in [1.54, 1.807) is 12.1 Å². The molecule has 1 rings (SSSR count). The molecule has 84 valence electrons. The molecule has 1 aromatic carbocycles. The van der Waals surface area contributed by atoms with Gasteiger partial charge in [0.2, 0.25) is 5.78 Å². The Labute approximate surface area is 92.9 Å². The zero-order valence-corrected chi connectivity index (χ0v) is 9.06. The topological polar surface area (TPSA) is 72.2 Å². The molecule has 5 nitrogen and oxygen atoms in total. The molecule has 0 saturated heterocycles. The highest BCUT2D eigenvalue weighted by atomic mass is 16.6. The fraction of sp³-hybridized carbons (Fsp3) is 0.182. The molecule has 5 heteroatoms. The van der Waals surface area contributed by atoms with Crippen LogP contribution in [0, 0.1) is 17.0 Å². The Hall–Kier alpha value is -2.17. The van der Waals surface area contributed by atoms with Crippen LogP contribution in [-0.2, 0) is 4.79 Å². The number of nitrogens with zero attached hydrogens (tertiary/aromatic N) is 1. The lowest BCUT2D eigenvalue weighted by atomic mass is 10.2. The highest BCUT2D eigenvalue weighted by Crippen LogP contribution is 2.09. The Morgan fingerprint density at radius 3 is 2.38 bits per heavy atom. The first-order valence-corrected chi connectivity index (χ1v) is 4.69. The van der Waals surface area contributed by atoms with Gasteiger partial charge in [0.25, 0.3) is 0 Å². The van der Waals surface area contributed by atoms with Crippen LogP contribution in [0.4, 0.5) is 5.69 Å². The fourth-order valence-electron chi connectivity index (χ4n) is 1.08. The van der Waals surface area contributed by atoms with Gasteiger partial charge in [-0.25, -0.2) is 0 Å². The summed E-state index contributed by atoms with van der Waals surface area (Å²) in [7, 11) is 0. The number of allylic oxidation sites excluding steroid dienone is 1. The maximum absolute atomic E-state index is 10.9. The van der Waals surface area contributed by atoms with Crippen molar-refractivity contribution < 1.29 is 9.72 Å². The second kappa shape index (κ2) is 5.06. The quantitative estimate of drug-likeness (QED) is 0.479. The van der Waals surface area contributed by atoms with E-state index in [1.807, 2.05) is 19.1 Å². The molecule has 0 bridgehead atoms. The van der Waals surface area contributed by atoms with Gasteiger partial charge in [-0.05, 0) is 19.1 Å². The van der Waals surface area contributed by atoms with Gasteiger partial charge < -0.3 is 5.32 Å². The van der Waals surface area contributed by atoms with E-state index < -0.39 is 16.4 Å². The summed E-state index contributed by atoms with van der Waals surface area (Å²) >= 11 is 0. The second-order valence-electron chi connectivity index (χ2n) is 3.35. The number of anilines is 1. The van der Waals surface area contributed by atoms with Crippen molar-refractivity contribution in [2.75, 3.05) is 5.32 Å². The third kappa shape index (κ3) is 3.20. The van der Waals surface area contributed by atoms with Crippen molar-refractivity contribution in [3.05, 3.63) is 51.8 Å². The van der Waals surface area contributed by atoms with E-state index in [2.05, 4.69) is 5.32 Å². The molecule has 16 heavy (non-hydrogen) atoms. The molecule has 0 aliphatic carbocycles. The lowest BCUT2D eigenvalue weighted by Gasteiger charge is -2.00. The van der Waals surface area contributed by atoms with Gasteiger partial charge in [0.1, 0.15) is 0 Å². The summed E-state index contributed by atoms with van der Waals surface area (Å²) in [5.74, 6) is -0.579. The standard InChI is InChI=1S/C11H12N2O3/c1-8-3-5-10(6-4-8)12-7-11(9(2)14)13(15)16/h3-7,12H,1-2H3/b11-7+. The normalized spacial score (nSPS) is 11.0. The van der Waals surface area contributed by atoms with Gasteiger partial charge in [0, 0.05) is 12.6 Å². The number of hydrogen-bond donors (Lipinski definition) is 1. The molecule has 0 unspecified atom stereocenters. The molecule has 0 atom stereocenters. The number of ketones is 1. The lowest BCUT2D eigenvalue weighted by molar-refractivity contribution is -0.418. The van der Waals surface area contributed by atoms with Crippen molar-refractivity contribution in [2.45, 2.75) is 13.8 Å². The highest BCUT2D eigenvalue weighted by molar-refractivity contribution is 5.91. The van der Waals surface area contributed by atoms with Gasteiger partial charge in [-0.1, -0.05) is 17.7 Å². The SMILES string of the molecule is CC(=O)/C(=C\Nc1ccc(C)cc1)[N+](=O)[O-]. The number of rotatable bonds is 4. The van der Waals surface area contributed by atoms with Gasteiger partial charge in [-0.3, -0.25) is 14.9 Å². The van der Waals surface area contributed by atoms with Gasteiger partial charge in [-0.15, -0.1) is 0 Å². The maximum atomic E-state index is 10.9. The van der Waals surface area contributed by atoms with Crippen LogP contribution in [0.5, 0.6) is 0 Å². The number of nitro groups is 1. The molecule has 1 aromatic rings.